The van der Waals surface area contributed by atoms with Crippen molar-refractivity contribution in [1.29, 1.82) is 0 Å². The normalized spacial score (nSPS) is 20.6. The molecule has 2 aliphatic heterocycles. The zero-order valence-electron chi connectivity index (χ0n) is 22.2. The lowest BCUT2D eigenvalue weighted by Gasteiger charge is -2.42. The van der Waals surface area contributed by atoms with Crippen molar-refractivity contribution in [1.82, 2.24) is 20.4 Å². The molecule has 2 fully saturated rings. The van der Waals surface area contributed by atoms with Crippen LogP contribution in [-0.2, 0) is 14.3 Å². The summed E-state index contributed by atoms with van der Waals surface area (Å²) in [6.45, 7) is 8.03. The van der Waals surface area contributed by atoms with Gasteiger partial charge in [-0.2, -0.15) is 0 Å². The Morgan fingerprint density at radius 2 is 1.59 bits per heavy atom. The molecule has 1 aromatic rings. The highest BCUT2D eigenvalue weighted by Crippen LogP contribution is 2.24. The molecule has 0 saturated carbocycles. The molecule has 2 atom stereocenters. The zero-order chi connectivity index (χ0) is 26.8. The maximum atomic E-state index is 13.0. The third-order valence-electron chi connectivity index (χ3n) is 6.51. The largest absolute Gasteiger partial charge is 0.444 e. The van der Waals surface area contributed by atoms with E-state index in [1.165, 1.54) is 0 Å². The van der Waals surface area contributed by atoms with Crippen LogP contribution in [-0.4, -0.2) is 84.3 Å². The minimum absolute atomic E-state index is 0.00980. The predicted molar refractivity (Wildman–Crippen MR) is 138 cm³/mol. The van der Waals surface area contributed by atoms with Crippen LogP contribution >= 0.6 is 0 Å². The van der Waals surface area contributed by atoms with Gasteiger partial charge >= 0.3 is 18.2 Å². The Labute approximate surface area is 219 Å². The number of alkyl carbamates (subject to hydrolysis) is 1. The Morgan fingerprint density at radius 3 is 2.32 bits per heavy atom. The van der Waals surface area contributed by atoms with Crippen molar-refractivity contribution in [3.63, 3.8) is 0 Å². The highest BCUT2D eigenvalue weighted by atomic mass is 16.6. The molecular formula is C27H40N4O6. The molecule has 0 spiro atoms. The van der Waals surface area contributed by atoms with E-state index >= 15 is 0 Å². The monoisotopic (exact) mass is 516 g/mol. The van der Waals surface area contributed by atoms with Crippen LogP contribution in [0.3, 0.4) is 0 Å². The second-order valence-corrected chi connectivity index (χ2v) is 10.6. The van der Waals surface area contributed by atoms with Crippen LogP contribution < -0.4 is 10.6 Å². The van der Waals surface area contributed by atoms with Crippen LogP contribution in [0.25, 0.3) is 0 Å². The van der Waals surface area contributed by atoms with Gasteiger partial charge in [0, 0.05) is 32.2 Å². The molecule has 1 aromatic carbocycles. The summed E-state index contributed by atoms with van der Waals surface area (Å²) in [5.74, 6) is -0.835. The summed E-state index contributed by atoms with van der Waals surface area (Å²) >= 11 is 0. The van der Waals surface area contributed by atoms with E-state index in [1.807, 2.05) is 25.7 Å². The van der Waals surface area contributed by atoms with Crippen LogP contribution in [0.2, 0.25) is 0 Å². The molecule has 10 heteroatoms. The number of hydrogen-bond donors (Lipinski definition) is 2. The lowest BCUT2D eigenvalue weighted by atomic mass is 9.97. The first kappa shape index (κ1) is 28.4. The van der Waals surface area contributed by atoms with Crippen molar-refractivity contribution in [3.8, 4) is 0 Å². The van der Waals surface area contributed by atoms with Gasteiger partial charge in [0.05, 0.1) is 11.6 Å². The third-order valence-corrected chi connectivity index (χ3v) is 6.51. The van der Waals surface area contributed by atoms with Gasteiger partial charge in [-0.25, -0.2) is 14.4 Å². The number of likely N-dealkylation sites (tertiary alicyclic amines) is 2. The average Bonchev–Trinajstić information content (AvgIpc) is 2.86. The molecule has 3 rings (SSSR count). The number of carbonyl (C=O) groups is 4. The summed E-state index contributed by atoms with van der Waals surface area (Å²) in [5, 5.41) is 5.37. The molecular weight excluding hydrogens is 476 g/mol. The van der Waals surface area contributed by atoms with E-state index in [2.05, 4.69) is 15.5 Å². The molecule has 3 amide bonds. The minimum atomic E-state index is -0.859. The van der Waals surface area contributed by atoms with E-state index < -0.39 is 17.7 Å². The van der Waals surface area contributed by atoms with Crippen LogP contribution in [0, 0.1) is 0 Å². The van der Waals surface area contributed by atoms with Crippen molar-refractivity contribution >= 4 is 24.1 Å². The molecule has 2 N–H and O–H groups in total. The van der Waals surface area contributed by atoms with Crippen molar-refractivity contribution in [2.75, 3.05) is 32.7 Å². The quantitative estimate of drug-likeness (QED) is 0.324. The first-order valence-corrected chi connectivity index (χ1v) is 13.2. The average molecular weight is 517 g/mol. The zero-order valence-corrected chi connectivity index (χ0v) is 22.2. The number of nitrogens with zero attached hydrogens (tertiary/aromatic N) is 2. The third kappa shape index (κ3) is 9.03. The number of ether oxygens (including phenoxy) is 2. The fourth-order valence-corrected chi connectivity index (χ4v) is 4.75. The second-order valence-electron chi connectivity index (χ2n) is 10.6. The van der Waals surface area contributed by atoms with Gasteiger partial charge in [-0.3, -0.25) is 9.69 Å². The molecule has 0 aromatic heterocycles. The van der Waals surface area contributed by atoms with Crippen molar-refractivity contribution < 1.29 is 28.7 Å². The Balaban J connectivity index is 1.46. The summed E-state index contributed by atoms with van der Waals surface area (Å²) in [4.78, 5) is 53.6. The standard InChI is InChI=1S/C27H40N4O6/c1-27(2,3)37-26(35)31-18-10-7-13-21(31)19-30-17-9-8-14-22(30)23(32)28-15-16-29-25(34)36-24(33)20-11-5-4-6-12-20/h4-6,11-12,21-22H,7-10,13-19H2,1-3H3,(H,28,32)(H,29,34)/t21-,22+/m0/s1. The van der Waals surface area contributed by atoms with Gasteiger partial charge in [0.25, 0.3) is 0 Å². The lowest BCUT2D eigenvalue weighted by Crippen LogP contribution is -2.56. The first-order valence-electron chi connectivity index (χ1n) is 13.2. The number of rotatable bonds is 7. The van der Waals surface area contributed by atoms with Gasteiger partial charge in [-0.1, -0.05) is 24.6 Å². The Kier molecular flexibility index (Phi) is 10.3. The van der Waals surface area contributed by atoms with Gasteiger partial charge in [-0.05, 0) is 71.6 Å². The van der Waals surface area contributed by atoms with E-state index in [9.17, 15) is 19.2 Å². The Bertz CT molecular complexity index is 933. The lowest BCUT2D eigenvalue weighted by molar-refractivity contribution is -0.128. The van der Waals surface area contributed by atoms with E-state index in [0.29, 0.717) is 13.1 Å². The van der Waals surface area contributed by atoms with Crippen molar-refractivity contribution in [3.05, 3.63) is 35.9 Å². The number of benzene rings is 1. The second kappa shape index (κ2) is 13.4. The highest BCUT2D eigenvalue weighted by Gasteiger charge is 2.35. The molecule has 204 valence electrons. The predicted octanol–water partition coefficient (Wildman–Crippen LogP) is 3.31. The number of amides is 3. The van der Waals surface area contributed by atoms with Gasteiger partial charge in [0.15, 0.2) is 0 Å². The van der Waals surface area contributed by atoms with E-state index in [-0.39, 0.29) is 42.7 Å². The summed E-state index contributed by atoms with van der Waals surface area (Å²) in [7, 11) is 0. The van der Waals surface area contributed by atoms with Gasteiger partial charge in [0.1, 0.15) is 5.60 Å². The Morgan fingerprint density at radius 1 is 0.919 bits per heavy atom. The van der Waals surface area contributed by atoms with E-state index in [0.717, 1.165) is 45.1 Å². The molecule has 0 aliphatic carbocycles. The summed E-state index contributed by atoms with van der Waals surface area (Å²) in [5.41, 5.74) is -0.270. The smallest absolute Gasteiger partial charge is 0.415 e. The molecule has 0 bridgehead atoms. The molecule has 10 nitrogen and oxygen atoms in total. The number of hydrogen-bond acceptors (Lipinski definition) is 7. The van der Waals surface area contributed by atoms with Gasteiger partial charge in [-0.15, -0.1) is 0 Å². The van der Waals surface area contributed by atoms with Crippen LogP contribution in [0.4, 0.5) is 9.59 Å². The molecule has 2 saturated heterocycles. The van der Waals surface area contributed by atoms with Crippen molar-refractivity contribution in [2.45, 2.75) is 77.0 Å². The van der Waals surface area contributed by atoms with Crippen LogP contribution in [0.15, 0.2) is 30.3 Å². The fourth-order valence-electron chi connectivity index (χ4n) is 4.75. The number of nitrogens with one attached hydrogen (secondary N) is 2. The first-order chi connectivity index (χ1) is 17.6. The molecule has 0 unspecified atom stereocenters. The summed E-state index contributed by atoms with van der Waals surface area (Å²) < 4.78 is 10.4. The number of esters is 1. The highest BCUT2D eigenvalue weighted by molar-refractivity contribution is 5.96. The SMILES string of the molecule is CC(C)(C)OC(=O)N1CCCC[C@H]1CN1CCCC[C@@H]1C(=O)NCCNC(=O)OC(=O)c1ccccc1. The minimum Gasteiger partial charge on any atom is -0.444 e. The van der Waals surface area contributed by atoms with Crippen molar-refractivity contribution in [2.24, 2.45) is 0 Å². The maximum absolute atomic E-state index is 13.0. The topological polar surface area (TPSA) is 117 Å². The molecule has 37 heavy (non-hydrogen) atoms. The fraction of sp³-hybridized carbons (Fsp3) is 0.630. The van der Waals surface area contributed by atoms with Crippen LogP contribution in [0.5, 0.6) is 0 Å². The molecule has 2 heterocycles. The van der Waals surface area contributed by atoms with E-state index in [4.69, 9.17) is 9.47 Å². The molecule has 2 aliphatic rings. The maximum Gasteiger partial charge on any atom is 0.415 e. The van der Waals surface area contributed by atoms with Gasteiger partial charge in [0.2, 0.25) is 5.91 Å². The number of carbonyl (C=O) groups excluding carboxylic acids is 4. The van der Waals surface area contributed by atoms with Gasteiger partial charge < -0.3 is 25.0 Å². The summed E-state index contributed by atoms with van der Waals surface area (Å²) in [6, 6.07) is 7.97. The molecule has 0 radical (unpaired) electrons. The number of piperidine rings is 2. The van der Waals surface area contributed by atoms with Crippen LogP contribution in [0.1, 0.15) is 69.7 Å². The Hall–Kier alpha value is -3.14. The summed E-state index contributed by atoms with van der Waals surface area (Å²) in [6.07, 6.45) is 4.44. The van der Waals surface area contributed by atoms with E-state index in [1.54, 1.807) is 30.3 Å².